The zero-order valence-corrected chi connectivity index (χ0v) is 12.9. The predicted molar refractivity (Wildman–Crippen MR) is 86.1 cm³/mol. The van der Waals surface area contributed by atoms with Crippen LogP contribution in [0, 0.1) is 0 Å². The molecule has 0 aromatic heterocycles. The number of primary amides is 1. The number of nitrogens with two attached hydrogens (primary N) is 2. The van der Waals surface area contributed by atoms with Crippen molar-refractivity contribution in [3.63, 3.8) is 0 Å². The van der Waals surface area contributed by atoms with Crippen LogP contribution in [0.5, 0.6) is 0 Å². The lowest BCUT2D eigenvalue weighted by Crippen LogP contribution is -2.55. The second kappa shape index (κ2) is 9.06. The molecule has 22 heavy (non-hydrogen) atoms. The predicted octanol–water partition coefficient (Wildman–Crippen LogP) is -1.43. The fourth-order valence-corrected chi connectivity index (χ4v) is 2.06. The van der Waals surface area contributed by atoms with E-state index in [0.29, 0.717) is 0 Å². The van der Waals surface area contributed by atoms with Gasteiger partial charge in [-0.1, -0.05) is 30.3 Å². The van der Waals surface area contributed by atoms with Crippen LogP contribution < -0.4 is 22.1 Å². The first kappa shape index (κ1) is 18.0. The molecule has 7 nitrogen and oxygen atoms in total. The zero-order chi connectivity index (χ0) is 16.5. The van der Waals surface area contributed by atoms with Crippen molar-refractivity contribution in [1.29, 1.82) is 0 Å². The summed E-state index contributed by atoms with van der Waals surface area (Å²) >= 11 is 3.96. The maximum Gasteiger partial charge on any atom is 0.243 e. The first-order valence-corrected chi connectivity index (χ1v) is 7.35. The third kappa shape index (κ3) is 5.74. The molecule has 0 spiro atoms. The van der Waals surface area contributed by atoms with E-state index in [2.05, 4.69) is 23.3 Å². The highest BCUT2D eigenvalue weighted by atomic mass is 32.1. The Morgan fingerprint density at radius 1 is 1.09 bits per heavy atom. The molecule has 0 aliphatic carbocycles. The van der Waals surface area contributed by atoms with Crippen LogP contribution >= 0.6 is 12.6 Å². The van der Waals surface area contributed by atoms with Crippen molar-refractivity contribution in [3.8, 4) is 0 Å². The first-order chi connectivity index (χ1) is 10.5. The lowest BCUT2D eigenvalue weighted by Gasteiger charge is -2.21. The van der Waals surface area contributed by atoms with Gasteiger partial charge in [0.1, 0.15) is 12.1 Å². The molecule has 1 aromatic rings. The van der Waals surface area contributed by atoms with Gasteiger partial charge in [-0.15, -0.1) is 0 Å². The van der Waals surface area contributed by atoms with Gasteiger partial charge in [-0.2, -0.15) is 12.6 Å². The van der Waals surface area contributed by atoms with Crippen LogP contribution in [-0.2, 0) is 20.8 Å². The van der Waals surface area contributed by atoms with Crippen molar-refractivity contribution >= 4 is 30.4 Å². The van der Waals surface area contributed by atoms with Crippen LogP contribution in [0.3, 0.4) is 0 Å². The fourth-order valence-electron chi connectivity index (χ4n) is 1.79. The molecule has 120 valence electrons. The van der Waals surface area contributed by atoms with Gasteiger partial charge in [-0.05, 0) is 5.56 Å². The summed E-state index contributed by atoms with van der Waals surface area (Å²) in [6.07, 6.45) is 0.274. The van der Waals surface area contributed by atoms with Crippen molar-refractivity contribution < 1.29 is 14.4 Å². The van der Waals surface area contributed by atoms with Gasteiger partial charge < -0.3 is 22.1 Å². The van der Waals surface area contributed by atoms with Crippen molar-refractivity contribution in [2.24, 2.45) is 11.5 Å². The minimum atomic E-state index is -0.899. The summed E-state index contributed by atoms with van der Waals surface area (Å²) in [5.74, 6) is -1.59. The Bertz CT molecular complexity index is 524. The van der Waals surface area contributed by atoms with Gasteiger partial charge >= 0.3 is 0 Å². The monoisotopic (exact) mass is 324 g/mol. The molecule has 8 heteroatoms. The van der Waals surface area contributed by atoms with E-state index < -0.39 is 29.8 Å². The zero-order valence-electron chi connectivity index (χ0n) is 12.0. The Hall–Kier alpha value is -2.06. The Morgan fingerprint density at radius 2 is 1.73 bits per heavy atom. The number of carbonyl (C=O) groups is 3. The highest BCUT2D eigenvalue weighted by Gasteiger charge is 2.24. The van der Waals surface area contributed by atoms with Gasteiger partial charge in [0.25, 0.3) is 0 Å². The molecule has 0 aliphatic rings. The van der Waals surface area contributed by atoms with Crippen LogP contribution in [0.25, 0.3) is 0 Å². The van der Waals surface area contributed by atoms with Crippen molar-refractivity contribution in [2.45, 2.75) is 18.5 Å². The maximum atomic E-state index is 12.3. The summed E-state index contributed by atoms with van der Waals surface area (Å²) in [4.78, 5) is 34.9. The Morgan fingerprint density at radius 3 is 2.23 bits per heavy atom. The van der Waals surface area contributed by atoms with Gasteiger partial charge in [0.15, 0.2) is 0 Å². The molecular formula is C14H20N4O3S. The SMILES string of the molecule is NCC(=O)N[C@@H](Cc1ccccc1)C(=O)N[C@@H](CS)C(N)=O. The summed E-state index contributed by atoms with van der Waals surface area (Å²) in [5.41, 5.74) is 11.3. The smallest absolute Gasteiger partial charge is 0.243 e. The molecule has 0 fully saturated rings. The van der Waals surface area contributed by atoms with Crippen LogP contribution in [-0.4, -0.2) is 42.1 Å². The number of thiol groups is 1. The molecule has 0 aliphatic heterocycles. The van der Waals surface area contributed by atoms with E-state index in [9.17, 15) is 14.4 Å². The van der Waals surface area contributed by atoms with Gasteiger partial charge in [0.2, 0.25) is 17.7 Å². The number of nitrogens with one attached hydrogen (secondary N) is 2. The van der Waals surface area contributed by atoms with E-state index in [1.807, 2.05) is 30.3 Å². The van der Waals surface area contributed by atoms with Crippen LogP contribution in [0.15, 0.2) is 30.3 Å². The Labute approximate surface area is 134 Å². The molecule has 1 aromatic carbocycles. The van der Waals surface area contributed by atoms with E-state index in [0.717, 1.165) is 5.56 Å². The van der Waals surface area contributed by atoms with Gasteiger partial charge in [-0.3, -0.25) is 14.4 Å². The van der Waals surface area contributed by atoms with E-state index >= 15 is 0 Å². The normalized spacial score (nSPS) is 13.0. The number of hydrogen-bond donors (Lipinski definition) is 5. The lowest BCUT2D eigenvalue weighted by atomic mass is 10.0. The number of carbonyl (C=O) groups excluding carboxylic acids is 3. The maximum absolute atomic E-state index is 12.3. The molecule has 0 radical (unpaired) electrons. The van der Waals surface area contributed by atoms with Gasteiger partial charge in [0, 0.05) is 12.2 Å². The second-order valence-corrected chi connectivity index (χ2v) is 5.03. The highest BCUT2D eigenvalue weighted by molar-refractivity contribution is 7.80. The Kier molecular flexibility index (Phi) is 7.41. The van der Waals surface area contributed by atoms with E-state index in [-0.39, 0.29) is 18.7 Å². The van der Waals surface area contributed by atoms with Gasteiger partial charge in [-0.25, -0.2) is 0 Å². The number of rotatable bonds is 8. The van der Waals surface area contributed by atoms with Crippen molar-refractivity contribution in [3.05, 3.63) is 35.9 Å². The minimum absolute atomic E-state index is 0.0734. The molecule has 0 heterocycles. The minimum Gasteiger partial charge on any atom is -0.368 e. The summed E-state index contributed by atoms with van der Waals surface area (Å²) in [7, 11) is 0. The molecule has 0 bridgehead atoms. The molecule has 0 saturated carbocycles. The standard InChI is InChI=1S/C14H20N4O3S/c15-7-12(19)17-10(6-9-4-2-1-3-5-9)14(21)18-11(8-22)13(16)20/h1-5,10-11,22H,6-8,15H2,(H2,16,20)(H,17,19)(H,18,21)/t10-,11-/m0/s1. The lowest BCUT2D eigenvalue weighted by molar-refractivity contribution is -0.130. The summed E-state index contributed by atoms with van der Waals surface area (Å²) in [5, 5.41) is 5.00. The molecule has 2 atom stereocenters. The van der Waals surface area contributed by atoms with Crippen LogP contribution in [0.2, 0.25) is 0 Å². The van der Waals surface area contributed by atoms with E-state index in [4.69, 9.17) is 11.5 Å². The summed E-state index contributed by atoms with van der Waals surface area (Å²) in [6, 6.07) is 7.42. The topological polar surface area (TPSA) is 127 Å². The number of benzene rings is 1. The first-order valence-electron chi connectivity index (χ1n) is 6.71. The van der Waals surface area contributed by atoms with Gasteiger partial charge in [0.05, 0.1) is 6.54 Å². The van der Waals surface area contributed by atoms with E-state index in [1.165, 1.54) is 0 Å². The third-order valence-electron chi connectivity index (χ3n) is 2.96. The summed E-state index contributed by atoms with van der Waals surface area (Å²) in [6.45, 7) is -0.232. The van der Waals surface area contributed by atoms with E-state index in [1.54, 1.807) is 0 Å². The van der Waals surface area contributed by atoms with Crippen molar-refractivity contribution in [1.82, 2.24) is 10.6 Å². The number of hydrogen-bond acceptors (Lipinski definition) is 5. The molecule has 1 rings (SSSR count). The quantitative estimate of drug-likeness (QED) is 0.376. The van der Waals surface area contributed by atoms with Crippen molar-refractivity contribution in [2.75, 3.05) is 12.3 Å². The molecule has 6 N–H and O–H groups in total. The average molecular weight is 324 g/mol. The Balaban J connectivity index is 2.82. The largest absolute Gasteiger partial charge is 0.368 e. The van der Waals surface area contributed by atoms with Crippen LogP contribution in [0.1, 0.15) is 5.56 Å². The molecular weight excluding hydrogens is 304 g/mol. The second-order valence-electron chi connectivity index (χ2n) is 4.66. The average Bonchev–Trinajstić information content (AvgIpc) is 2.52. The summed E-state index contributed by atoms with van der Waals surface area (Å²) < 4.78 is 0. The van der Waals surface area contributed by atoms with Crippen LogP contribution in [0.4, 0.5) is 0 Å². The third-order valence-corrected chi connectivity index (χ3v) is 3.33. The molecule has 0 unspecified atom stereocenters. The number of amides is 3. The molecule has 0 saturated heterocycles. The molecule has 3 amide bonds. The highest BCUT2D eigenvalue weighted by Crippen LogP contribution is 2.04. The fraction of sp³-hybridized carbons (Fsp3) is 0.357.